The van der Waals surface area contributed by atoms with Crippen molar-refractivity contribution in [2.75, 3.05) is 12.4 Å². The average Bonchev–Trinajstić information content (AvgIpc) is 2.85. The first-order valence-electron chi connectivity index (χ1n) is 6.94. The standard InChI is InChI=1S/C12H22N2O3S/c13-9-6-10-3-4-11(7-9)14(10)18(15,16)8-12-2-1-5-17-12/h9-12H,1-8,13H2. The highest BCUT2D eigenvalue weighted by atomic mass is 32.2. The lowest BCUT2D eigenvalue weighted by Crippen LogP contribution is -2.51. The Morgan fingerprint density at radius 2 is 1.83 bits per heavy atom. The molecule has 3 aliphatic rings. The molecule has 2 bridgehead atoms. The molecule has 3 atom stereocenters. The van der Waals surface area contributed by atoms with Gasteiger partial charge in [-0.1, -0.05) is 0 Å². The second-order valence-electron chi connectivity index (χ2n) is 5.86. The van der Waals surface area contributed by atoms with Crippen LogP contribution >= 0.6 is 0 Å². The minimum Gasteiger partial charge on any atom is -0.377 e. The molecule has 6 heteroatoms. The number of nitrogens with zero attached hydrogens (tertiary/aromatic N) is 1. The van der Waals surface area contributed by atoms with Crippen molar-refractivity contribution in [3.05, 3.63) is 0 Å². The van der Waals surface area contributed by atoms with E-state index in [-0.39, 0.29) is 30.0 Å². The molecule has 0 aliphatic carbocycles. The summed E-state index contributed by atoms with van der Waals surface area (Å²) in [5, 5.41) is 0. The van der Waals surface area contributed by atoms with Crippen LogP contribution < -0.4 is 5.73 Å². The van der Waals surface area contributed by atoms with Gasteiger partial charge >= 0.3 is 0 Å². The summed E-state index contributed by atoms with van der Waals surface area (Å²) >= 11 is 0. The lowest BCUT2D eigenvalue weighted by atomic mass is 10.0. The normalized spacial score (nSPS) is 41.4. The summed E-state index contributed by atoms with van der Waals surface area (Å²) in [6.45, 7) is 0.706. The molecule has 0 aromatic carbocycles. The first kappa shape index (κ1) is 12.8. The number of rotatable bonds is 3. The number of sulfonamides is 1. The Bertz CT molecular complexity index is 392. The Morgan fingerprint density at radius 3 is 2.39 bits per heavy atom. The third-order valence-corrected chi connectivity index (χ3v) is 6.48. The van der Waals surface area contributed by atoms with Crippen LogP contribution in [0, 0.1) is 0 Å². The van der Waals surface area contributed by atoms with Crippen molar-refractivity contribution in [3.8, 4) is 0 Å². The maximum Gasteiger partial charge on any atom is 0.217 e. The Kier molecular flexibility index (Phi) is 3.38. The zero-order valence-corrected chi connectivity index (χ0v) is 11.4. The van der Waals surface area contributed by atoms with Crippen molar-refractivity contribution < 1.29 is 13.2 Å². The van der Waals surface area contributed by atoms with Gasteiger partial charge in [0.05, 0.1) is 11.9 Å². The molecule has 3 fully saturated rings. The molecule has 0 amide bonds. The third-order valence-electron chi connectivity index (χ3n) is 4.44. The van der Waals surface area contributed by atoms with Gasteiger partial charge in [-0.15, -0.1) is 0 Å². The second kappa shape index (κ2) is 4.74. The highest BCUT2D eigenvalue weighted by Gasteiger charge is 2.46. The van der Waals surface area contributed by atoms with Crippen LogP contribution in [0.3, 0.4) is 0 Å². The summed E-state index contributed by atoms with van der Waals surface area (Å²) in [5.74, 6) is 0.162. The first-order chi connectivity index (χ1) is 8.56. The monoisotopic (exact) mass is 274 g/mol. The van der Waals surface area contributed by atoms with Crippen molar-refractivity contribution in [1.82, 2.24) is 4.31 Å². The van der Waals surface area contributed by atoms with Crippen molar-refractivity contribution in [3.63, 3.8) is 0 Å². The Morgan fingerprint density at radius 1 is 1.17 bits per heavy atom. The van der Waals surface area contributed by atoms with E-state index in [1.165, 1.54) is 0 Å². The molecule has 0 aromatic rings. The summed E-state index contributed by atoms with van der Waals surface area (Å²) in [6, 6.07) is 0.465. The van der Waals surface area contributed by atoms with Gasteiger partial charge in [-0.25, -0.2) is 8.42 Å². The lowest BCUT2D eigenvalue weighted by molar-refractivity contribution is 0.125. The highest BCUT2D eigenvalue weighted by Crippen LogP contribution is 2.37. The van der Waals surface area contributed by atoms with Gasteiger partial charge in [0.1, 0.15) is 0 Å². The van der Waals surface area contributed by atoms with Crippen LogP contribution in [-0.4, -0.2) is 49.3 Å². The first-order valence-corrected chi connectivity index (χ1v) is 8.55. The van der Waals surface area contributed by atoms with Gasteiger partial charge in [0, 0.05) is 24.7 Å². The van der Waals surface area contributed by atoms with Crippen LogP contribution in [0.4, 0.5) is 0 Å². The van der Waals surface area contributed by atoms with E-state index >= 15 is 0 Å². The fourth-order valence-electron chi connectivity index (χ4n) is 3.73. The number of piperidine rings is 1. The van der Waals surface area contributed by atoms with E-state index in [1.807, 2.05) is 0 Å². The second-order valence-corrected chi connectivity index (χ2v) is 7.78. The molecule has 0 radical (unpaired) electrons. The fourth-order valence-corrected chi connectivity index (χ4v) is 5.92. The Hall–Kier alpha value is -0.170. The molecule has 0 aromatic heterocycles. The van der Waals surface area contributed by atoms with E-state index in [2.05, 4.69) is 0 Å². The van der Waals surface area contributed by atoms with Crippen LogP contribution in [0.25, 0.3) is 0 Å². The number of hydrogen-bond donors (Lipinski definition) is 1. The molecule has 0 saturated carbocycles. The van der Waals surface area contributed by atoms with Crippen LogP contribution in [0.2, 0.25) is 0 Å². The van der Waals surface area contributed by atoms with E-state index in [4.69, 9.17) is 10.5 Å². The highest BCUT2D eigenvalue weighted by molar-refractivity contribution is 7.89. The predicted molar refractivity (Wildman–Crippen MR) is 68.6 cm³/mol. The summed E-state index contributed by atoms with van der Waals surface area (Å²) in [5.41, 5.74) is 5.98. The SMILES string of the molecule is NC1CC2CCC(C1)N2S(=O)(=O)CC1CCCO1. The van der Waals surface area contributed by atoms with Crippen molar-refractivity contribution in [2.45, 2.75) is 62.8 Å². The van der Waals surface area contributed by atoms with Crippen LogP contribution in [0.5, 0.6) is 0 Å². The average molecular weight is 274 g/mol. The Balaban J connectivity index is 1.73. The Labute approximate surface area is 109 Å². The minimum absolute atomic E-state index is 0.0926. The molecule has 3 aliphatic heterocycles. The van der Waals surface area contributed by atoms with E-state index in [9.17, 15) is 8.42 Å². The predicted octanol–water partition coefficient (Wildman–Crippen LogP) is 0.449. The zero-order chi connectivity index (χ0) is 12.8. The molecule has 3 rings (SSSR count). The van der Waals surface area contributed by atoms with E-state index in [0.717, 1.165) is 38.5 Å². The number of ether oxygens (including phenoxy) is 1. The number of fused-ring (bicyclic) bond motifs is 2. The summed E-state index contributed by atoms with van der Waals surface area (Å²) < 4.78 is 32.3. The maximum absolute atomic E-state index is 12.5. The van der Waals surface area contributed by atoms with Gasteiger partial charge in [0.25, 0.3) is 0 Å². The third kappa shape index (κ3) is 2.31. The minimum atomic E-state index is -3.17. The molecule has 104 valence electrons. The molecule has 0 spiro atoms. The summed E-state index contributed by atoms with van der Waals surface area (Å²) in [6.07, 6.45) is 5.36. The van der Waals surface area contributed by atoms with Gasteiger partial charge < -0.3 is 10.5 Å². The zero-order valence-electron chi connectivity index (χ0n) is 10.6. The van der Waals surface area contributed by atoms with Crippen molar-refractivity contribution in [2.24, 2.45) is 5.73 Å². The van der Waals surface area contributed by atoms with E-state index < -0.39 is 10.0 Å². The van der Waals surface area contributed by atoms with Crippen LogP contribution in [-0.2, 0) is 14.8 Å². The van der Waals surface area contributed by atoms with Crippen LogP contribution in [0.15, 0.2) is 0 Å². The topological polar surface area (TPSA) is 72.6 Å². The van der Waals surface area contributed by atoms with Gasteiger partial charge in [-0.2, -0.15) is 4.31 Å². The molecule has 5 nitrogen and oxygen atoms in total. The summed E-state index contributed by atoms with van der Waals surface area (Å²) in [4.78, 5) is 0. The van der Waals surface area contributed by atoms with Crippen molar-refractivity contribution in [1.29, 1.82) is 0 Å². The molecule has 3 unspecified atom stereocenters. The quantitative estimate of drug-likeness (QED) is 0.811. The maximum atomic E-state index is 12.5. The number of hydrogen-bond acceptors (Lipinski definition) is 4. The van der Waals surface area contributed by atoms with Gasteiger partial charge in [-0.3, -0.25) is 0 Å². The van der Waals surface area contributed by atoms with Gasteiger partial charge in [0.15, 0.2) is 0 Å². The molecule has 3 saturated heterocycles. The molecular formula is C12H22N2O3S. The molecular weight excluding hydrogens is 252 g/mol. The smallest absolute Gasteiger partial charge is 0.217 e. The molecule has 18 heavy (non-hydrogen) atoms. The molecule has 3 heterocycles. The van der Waals surface area contributed by atoms with E-state index in [0.29, 0.717) is 6.61 Å². The largest absolute Gasteiger partial charge is 0.377 e. The van der Waals surface area contributed by atoms with E-state index in [1.54, 1.807) is 4.31 Å². The lowest BCUT2D eigenvalue weighted by Gasteiger charge is -2.37. The van der Waals surface area contributed by atoms with Gasteiger partial charge in [0.2, 0.25) is 10.0 Å². The molecule has 2 N–H and O–H groups in total. The van der Waals surface area contributed by atoms with Crippen LogP contribution in [0.1, 0.15) is 38.5 Å². The number of nitrogens with two attached hydrogens (primary N) is 1. The van der Waals surface area contributed by atoms with Gasteiger partial charge in [-0.05, 0) is 38.5 Å². The summed E-state index contributed by atoms with van der Waals surface area (Å²) in [7, 11) is -3.17. The van der Waals surface area contributed by atoms with Crippen molar-refractivity contribution >= 4 is 10.0 Å². The fraction of sp³-hybridized carbons (Fsp3) is 1.00.